The number of H-pyrrole nitrogens is 1. The van der Waals surface area contributed by atoms with E-state index in [0.29, 0.717) is 0 Å². The molecule has 0 amide bonds. The standard InChI is InChI=1S/C7H12N2O2/c1-3-5(2)9-4-6(10)8-7(9)11/h4-5,10H,3H2,1-2H3,(H,8,11). The Bertz CT molecular complexity index is 287. The molecule has 0 aromatic carbocycles. The van der Waals surface area contributed by atoms with Crippen molar-refractivity contribution in [1.29, 1.82) is 0 Å². The van der Waals surface area contributed by atoms with Crippen LogP contribution in [0.3, 0.4) is 0 Å². The molecule has 1 aromatic rings. The van der Waals surface area contributed by atoms with Crippen LogP contribution < -0.4 is 5.69 Å². The summed E-state index contributed by atoms with van der Waals surface area (Å²) in [6.45, 7) is 3.91. The van der Waals surface area contributed by atoms with Crippen LogP contribution in [0.5, 0.6) is 5.88 Å². The molecule has 1 aromatic heterocycles. The smallest absolute Gasteiger partial charge is 0.328 e. The van der Waals surface area contributed by atoms with Crippen LogP contribution in [-0.4, -0.2) is 14.7 Å². The first kappa shape index (κ1) is 7.91. The summed E-state index contributed by atoms with van der Waals surface area (Å²) in [5, 5.41) is 8.90. The van der Waals surface area contributed by atoms with Crippen molar-refractivity contribution in [2.45, 2.75) is 26.3 Å². The first-order valence-corrected chi connectivity index (χ1v) is 3.65. The highest BCUT2D eigenvalue weighted by Crippen LogP contribution is 2.09. The third-order valence-corrected chi connectivity index (χ3v) is 1.80. The number of aromatic hydroxyl groups is 1. The Hall–Kier alpha value is -1.19. The predicted octanol–water partition coefficient (Wildman–Crippen LogP) is 0.853. The maximum atomic E-state index is 11.0. The molecule has 0 aliphatic rings. The summed E-state index contributed by atoms with van der Waals surface area (Å²) in [4.78, 5) is 13.3. The van der Waals surface area contributed by atoms with Crippen molar-refractivity contribution in [3.8, 4) is 5.88 Å². The summed E-state index contributed by atoms with van der Waals surface area (Å²) in [6, 6.07) is 0.139. The average molecular weight is 156 g/mol. The molecule has 1 atom stereocenters. The van der Waals surface area contributed by atoms with Gasteiger partial charge in [-0.15, -0.1) is 0 Å². The zero-order valence-electron chi connectivity index (χ0n) is 6.66. The number of hydrogen-bond donors (Lipinski definition) is 2. The van der Waals surface area contributed by atoms with E-state index in [1.54, 1.807) is 0 Å². The van der Waals surface area contributed by atoms with Crippen molar-refractivity contribution >= 4 is 0 Å². The molecule has 62 valence electrons. The summed E-state index contributed by atoms with van der Waals surface area (Å²) in [5.74, 6) is -0.0738. The lowest BCUT2D eigenvalue weighted by atomic mass is 10.3. The van der Waals surface area contributed by atoms with Crippen LogP contribution in [0.25, 0.3) is 0 Å². The van der Waals surface area contributed by atoms with Gasteiger partial charge in [0, 0.05) is 6.04 Å². The molecule has 0 bridgehead atoms. The van der Waals surface area contributed by atoms with Crippen molar-refractivity contribution in [2.24, 2.45) is 0 Å². The second-order valence-electron chi connectivity index (χ2n) is 2.61. The fourth-order valence-electron chi connectivity index (χ4n) is 0.921. The lowest BCUT2D eigenvalue weighted by Crippen LogP contribution is -2.19. The summed E-state index contributed by atoms with van der Waals surface area (Å²) in [7, 11) is 0. The lowest BCUT2D eigenvalue weighted by molar-refractivity contribution is 0.452. The van der Waals surface area contributed by atoms with Gasteiger partial charge in [0.25, 0.3) is 0 Å². The van der Waals surface area contributed by atoms with Crippen molar-refractivity contribution in [1.82, 2.24) is 9.55 Å². The van der Waals surface area contributed by atoms with Gasteiger partial charge in [-0.05, 0) is 13.3 Å². The van der Waals surface area contributed by atoms with E-state index < -0.39 is 0 Å². The molecule has 11 heavy (non-hydrogen) atoms. The topological polar surface area (TPSA) is 58.0 Å². The molecule has 0 aliphatic carbocycles. The Balaban J connectivity index is 3.03. The van der Waals surface area contributed by atoms with Gasteiger partial charge >= 0.3 is 5.69 Å². The van der Waals surface area contributed by atoms with E-state index in [-0.39, 0.29) is 17.6 Å². The van der Waals surface area contributed by atoms with Crippen molar-refractivity contribution in [2.75, 3.05) is 0 Å². The van der Waals surface area contributed by atoms with Gasteiger partial charge in [-0.3, -0.25) is 9.55 Å². The van der Waals surface area contributed by atoms with Crippen molar-refractivity contribution in [3.63, 3.8) is 0 Å². The van der Waals surface area contributed by atoms with E-state index in [9.17, 15) is 4.79 Å². The quantitative estimate of drug-likeness (QED) is 0.667. The molecule has 4 heteroatoms. The Morgan fingerprint density at radius 3 is 2.82 bits per heavy atom. The van der Waals surface area contributed by atoms with Crippen molar-refractivity contribution < 1.29 is 5.11 Å². The van der Waals surface area contributed by atoms with Crippen LogP contribution in [0.1, 0.15) is 26.3 Å². The second kappa shape index (κ2) is 2.82. The predicted molar refractivity (Wildman–Crippen MR) is 41.7 cm³/mol. The first-order chi connectivity index (χ1) is 5.15. The van der Waals surface area contributed by atoms with Crippen LogP contribution >= 0.6 is 0 Å². The maximum Gasteiger partial charge on any atom is 0.328 e. The van der Waals surface area contributed by atoms with E-state index in [0.717, 1.165) is 6.42 Å². The molecule has 1 rings (SSSR count). The van der Waals surface area contributed by atoms with E-state index in [1.165, 1.54) is 10.8 Å². The number of imidazole rings is 1. The fraction of sp³-hybridized carbons (Fsp3) is 0.571. The van der Waals surface area contributed by atoms with Gasteiger partial charge in [-0.25, -0.2) is 4.79 Å². The average Bonchev–Trinajstić information content (AvgIpc) is 2.28. The third-order valence-electron chi connectivity index (χ3n) is 1.80. The van der Waals surface area contributed by atoms with Crippen molar-refractivity contribution in [3.05, 3.63) is 16.7 Å². The van der Waals surface area contributed by atoms with Gasteiger partial charge in [-0.1, -0.05) is 6.92 Å². The monoisotopic (exact) mass is 156 g/mol. The number of rotatable bonds is 2. The van der Waals surface area contributed by atoms with E-state index >= 15 is 0 Å². The number of nitrogens with one attached hydrogen (secondary N) is 1. The Morgan fingerprint density at radius 2 is 2.45 bits per heavy atom. The highest BCUT2D eigenvalue weighted by molar-refractivity contribution is 5.01. The zero-order valence-corrected chi connectivity index (χ0v) is 6.66. The first-order valence-electron chi connectivity index (χ1n) is 3.65. The van der Waals surface area contributed by atoms with Gasteiger partial charge in [0.1, 0.15) is 0 Å². The highest BCUT2D eigenvalue weighted by Gasteiger charge is 2.06. The van der Waals surface area contributed by atoms with Gasteiger partial charge < -0.3 is 5.11 Å². The number of aromatic nitrogens is 2. The summed E-state index contributed by atoms with van der Waals surface area (Å²) in [6.07, 6.45) is 2.29. The summed E-state index contributed by atoms with van der Waals surface area (Å²) in [5.41, 5.74) is -0.253. The summed E-state index contributed by atoms with van der Waals surface area (Å²) >= 11 is 0. The minimum Gasteiger partial charge on any atom is -0.493 e. The Labute approximate surface area is 64.5 Å². The van der Waals surface area contributed by atoms with E-state index in [1.807, 2.05) is 13.8 Å². The van der Waals surface area contributed by atoms with E-state index in [2.05, 4.69) is 4.98 Å². The third kappa shape index (κ3) is 1.45. The zero-order chi connectivity index (χ0) is 8.43. The highest BCUT2D eigenvalue weighted by atomic mass is 16.3. The normalized spacial score (nSPS) is 13.3. The molecular formula is C7H12N2O2. The molecule has 0 radical (unpaired) electrons. The minimum absolute atomic E-state index is 0.0738. The van der Waals surface area contributed by atoms with Crippen LogP contribution in [0.15, 0.2) is 11.0 Å². The van der Waals surface area contributed by atoms with Gasteiger partial charge in [0.05, 0.1) is 6.20 Å². The van der Waals surface area contributed by atoms with E-state index in [4.69, 9.17) is 5.11 Å². The fourth-order valence-corrected chi connectivity index (χ4v) is 0.921. The number of aromatic amines is 1. The largest absolute Gasteiger partial charge is 0.493 e. The summed E-state index contributed by atoms with van der Waals surface area (Å²) < 4.78 is 1.48. The Morgan fingerprint density at radius 1 is 1.82 bits per heavy atom. The van der Waals surface area contributed by atoms with Crippen LogP contribution in [0.2, 0.25) is 0 Å². The van der Waals surface area contributed by atoms with Gasteiger partial charge in [-0.2, -0.15) is 0 Å². The molecule has 0 saturated heterocycles. The molecule has 4 nitrogen and oxygen atoms in total. The molecule has 1 unspecified atom stereocenters. The number of nitrogens with zero attached hydrogens (tertiary/aromatic N) is 1. The molecule has 2 N–H and O–H groups in total. The van der Waals surface area contributed by atoms with Gasteiger partial charge in [0.15, 0.2) is 0 Å². The molecule has 0 aliphatic heterocycles. The van der Waals surface area contributed by atoms with Crippen LogP contribution in [0.4, 0.5) is 0 Å². The maximum absolute atomic E-state index is 11.0. The van der Waals surface area contributed by atoms with Gasteiger partial charge in [0.2, 0.25) is 5.88 Å². The molecule has 0 fully saturated rings. The molecule has 0 spiro atoms. The molecular weight excluding hydrogens is 144 g/mol. The Kier molecular flexibility index (Phi) is 2.03. The van der Waals surface area contributed by atoms with Crippen LogP contribution in [-0.2, 0) is 0 Å². The SMILES string of the molecule is CCC(C)n1cc(O)[nH]c1=O. The second-order valence-corrected chi connectivity index (χ2v) is 2.61. The lowest BCUT2D eigenvalue weighted by Gasteiger charge is -2.06. The van der Waals surface area contributed by atoms with Crippen LogP contribution in [0, 0.1) is 0 Å². The number of hydrogen-bond acceptors (Lipinski definition) is 2. The minimum atomic E-state index is -0.253. The molecule has 1 heterocycles. The molecule has 0 saturated carbocycles.